The van der Waals surface area contributed by atoms with E-state index in [1.807, 2.05) is 6.92 Å². The second kappa shape index (κ2) is 8.18. The summed E-state index contributed by atoms with van der Waals surface area (Å²) in [7, 11) is 0. The van der Waals surface area contributed by atoms with Gasteiger partial charge in [-0.2, -0.15) is 13.2 Å². The minimum atomic E-state index is -4.42. The maximum atomic E-state index is 12.2. The number of carbonyl (C=O) groups is 1. The fourth-order valence-corrected chi connectivity index (χ4v) is 2.29. The maximum absolute atomic E-state index is 12.2. The summed E-state index contributed by atoms with van der Waals surface area (Å²) in [5.41, 5.74) is 0.389. The van der Waals surface area contributed by atoms with Gasteiger partial charge in [0.05, 0.1) is 18.5 Å². The molecular formula is C15H20F3N3O3. The first-order chi connectivity index (χ1) is 11.4. The van der Waals surface area contributed by atoms with Gasteiger partial charge in [0.2, 0.25) is 5.88 Å². The van der Waals surface area contributed by atoms with E-state index in [1.54, 1.807) is 4.90 Å². The molecule has 1 aliphatic rings. The second-order valence-electron chi connectivity index (χ2n) is 5.49. The van der Waals surface area contributed by atoms with Gasteiger partial charge in [-0.25, -0.2) is 9.78 Å². The lowest BCUT2D eigenvalue weighted by Gasteiger charge is -2.24. The van der Waals surface area contributed by atoms with Crippen LogP contribution in [0.2, 0.25) is 0 Å². The Hall–Kier alpha value is -2.03. The number of anilines is 1. The SMILES string of the molecule is CCN(C[C@@H]1CCOC1)C(=O)Nc1ccc(OCC(F)(F)F)nc1. The Bertz CT molecular complexity index is 531. The van der Waals surface area contributed by atoms with E-state index in [9.17, 15) is 18.0 Å². The Morgan fingerprint density at radius 1 is 1.50 bits per heavy atom. The zero-order valence-corrected chi connectivity index (χ0v) is 13.3. The Kier molecular flexibility index (Phi) is 6.24. The predicted molar refractivity (Wildman–Crippen MR) is 81.0 cm³/mol. The van der Waals surface area contributed by atoms with Crippen molar-refractivity contribution >= 4 is 11.7 Å². The van der Waals surface area contributed by atoms with Crippen LogP contribution in [0, 0.1) is 5.92 Å². The van der Waals surface area contributed by atoms with Crippen molar-refractivity contribution in [1.82, 2.24) is 9.88 Å². The second-order valence-corrected chi connectivity index (χ2v) is 5.49. The highest BCUT2D eigenvalue weighted by atomic mass is 19.4. The number of carbonyl (C=O) groups excluding carboxylic acids is 1. The lowest BCUT2D eigenvalue weighted by molar-refractivity contribution is -0.154. The first-order valence-corrected chi connectivity index (χ1v) is 7.66. The van der Waals surface area contributed by atoms with Crippen molar-refractivity contribution in [3.05, 3.63) is 18.3 Å². The van der Waals surface area contributed by atoms with E-state index in [0.29, 0.717) is 37.9 Å². The van der Waals surface area contributed by atoms with E-state index in [4.69, 9.17) is 4.74 Å². The van der Waals surface area contributed by atoms with Gasteiger partial charge in [0, 0.05) is 31.7 Å². The van der Waals surface area contributed by atoms with E-state index < -0.39 is 12.8 Å². The lowest BCUT2D eigenvalue weighted by Crippen LogP contribution is -2.38. The van der Waals surface area contributed by atoms with Crippen LogP contribution >= 0.6 is 0 Å². The third-order valence-corrected chi connectivity index (χ3v) is 3.54. The van der Waals surface area contributed by atoms with Gasteiger partial charge in [-0.3, -0.25) is 0 Å². The minimum Gasteiger partial charge on any atom is -0.468 e. The summed E-state index contributed by atoms with van der Waals surface area (Å²) in [6.07, 6.45) is -2.23. The number of hydrogen-bond donors (Lipinski definition) is 1. The van der Waals surface area contributed by atoms with Gasteiger partial charge in [-0.1, -0.05) is 0 Å². The number of amides is 2. The summed E-state index contributed by atoms with van der Waals surface area (Å²) in [6.45, 7) is 2.98. The topological polar surface area (TPSA) is 63.7 Å². The summed E-state index contributed by atoms with van der Waals surface area (Å²) >= 11 is 0. The van der Waals surface area contributed by atoms with Crippen LogP contribution in [-0.4, -0.2) is 55.0 Å². The molecule has 9 heteroatoms. The molecule has 0 aliphatic carbocycles. The number of ether oxygens (including phenoxy) is 2. The molecule has 2 heterocycles. The van der Waals surface area contributed by atoms with E-state index in [-0.39, 0.29) is 11.9 Å². The van der Waals surface area contributed by atoms with Crippen molar-refractivity contribution in [1.29, 1.82) is 0 Å². The Morgan fingerprint density at radius 3 is 2.83 bits per heavy atom. The quantitative estimate of drug-likeness (QED) is 0.859. The molecule has 1 atom stereocenters. The molecule has 0 radical (unpaired) electrons. The van der Waals surface area contributed by atoms with Crippen LogP contribution in [0.25, 0.3) is 0 Å². The average Bonchev–Trinajstić information content (AvgIpc) is 3.04. The smallest absolute Gasteiger partial charge is 0.422 e. The van der Waals surface area contributed by atoms with Crippen LogP contribution in [0.15, 0.2) is 18.3 Å². The lowest BCUT2D eigenvalue weighted by atomic mass is 10.1. The van der Waals surface area contributed by atoms with E-state index in [1.165, 1.54) is 18.3 Å². The highest BCUT2D eigenvalue weighted by molar-refractivity contribution is 5.89. The summed E-state index contributed by atoms with van der Waals surface area (Å²) in [4.78, 5) is 17.6. The molecule has 2 amide bonds. The number of hydrogen-bond acceptors (Lipinski definition) is 4. The number of nitrogens with zero attached hydrogens (tertiary/aromatic N) is 2. The molecule has 1 aliphatic heterocycles. The largest absolute Gasteiger partial charge is 0.468 e. The molecule has 1 aromatic rings. The highest BCUT2D eigenvalue weighted by Gasteiger charge is 2.28. The maximum Gasteiger partial charge on any atom is 0.422 e. The Morgan fingerprint density at radius 2 is 2.29 bits per heavy atom. The van der Waals surface area contributed by atoms with E-state index in [0.717, 1.165) is 6.42 Å². The van der Waals surface area contributed by atoms with Crippen LogP contribution in [0.3, 0.4) is 0 Å². The molecule has 0 saturated carbocycles. The van der Waals surface area contributed by atoms with Crippen molar-refractivity contribution in [2.75, 3.05) is 38.2 Å². The molecule has 0 spiro atoms. The Balaban J connectivity index is 1.85. The van der Waals surface area contributed by atoms with Crippen molar-refractivity contribution in [2.24, 2.45) is 5.92 Å². The summed E-state index contributed by atoms with van der Waals surface area (Å²) in [5, 5.41) is 2.67. The van der Waals surface area contributed by atoms with E-state index in [2.05, 4.69) is 15.0 Å². The molecule has 0 bridgehead atoms. The van der Waals surface area contributed by atoms with Crippen molar-refractivity contribution in [3.8, 4) is 5.88 Å². The Labute approximate surface area is 137 Å². The van der Waals surface area contributed by atoms with Gasteiger partial charge in [-0.15, -0.1) is 0 Å². The summed E-state index contributed by atoms with van der Waals surface area (Å²) in [5.74, 6) is 0.174. The van der Waals surface area contributed by atoms with Crippen LogP contribution in [0.1, 0.15) is 13.3 Å². The van der Waals surface area contributed by atoms with Gasteiger partial charge in [0.1, 0.15) is 0 Å². The number of rotatable bonds is 6. The average molecular weight is 347 g/mol. The fourth-order valence-electron chi connectivity index (χ4n) is 2.29. The predicted octanol–water partition coefficient (Wildman–Crippen LogP) is 2.91. The molecule has 1 N–H and O–H groups in total. The minimum absolute atomic E-state index is 0.152. The summed E-state index contributed by atoms with van der Waals surface area (Å²) < 4.78 is 46.0. The fraction of sp³-hybridized carbons (Fsp3) is 0.600. The number of urea groups is 1. The van der Waals surface area contributed by atoms with Gasteiger partial charge in [-0.05, 0) is 19.4 Å². The van der Waals surface area contributed by atoms with Crippen LogP contribution in [0.4, 0.5) is 23.7 Å². The normalized spacial score (nSPS) is 17.6. The van der Waals surface area contributed by atoms with Crippen LogP contribution in [0.5, 0.6) is 5.88 Å². The molecule has 1 aromatic heterocycles. The first kappa shape index (κ1) is 18.3. The molecule has 1 saturated heterocycles. The number of nitrogens with one attached hydrogen (secondary N) is 1. The zero-order valence-electron chi connectivity index (χ0n) is 13.3. The number of aromatic nitrogens is 1. The third kappa shape index (κ3) is 5.88. The molecule has 2 rings (SSSR count). The standard InChI is InChI=1S/C15H20F3N3O3/c1-2-21(8-11-5-6-23-9-11)14(22)20-12-3-4-13(19-7-12)24-10-15(16,17)18/h3-4,7,11H,2,5-6,8-10H2,1H3,(H,20,22)/t11-/m0/s1. The number of pyridine rings is 1. The van der Waals surface area contributed by atoms with E-state index >= 15 is 0 Å². The summed E-state index contributed by atoms with van der Waals surface area (Å²) in [6, 6.07) is 2.45. The molecule has 134 valence electrons. The molecule has 6 nitrogen and oxygen atoms in total. The van der Waals surface area contributed by atoms with Crippen LogP contribution in [-0.2, 0) is 4.74 Å². The number of halogens is 3. The van der Waals surface area contributed by atoms with Gasteiger partial charge in [0.15, 0.2) is 6.61 Å². The highest BCUT2D eigenvalue weighted by Crippen LogP contribution is 2.19. The molecule has 24 heavy (non-hydrogen) atoms. The zero-order chi connectivity index (χ0) is 17.6. The van der Waals surface area contributed by atoms with Gasteiger partial charge >= 0.3 is 12.2 Å². The third-order valence-electron chi connectivity index (χ3n) is 3.54. The molecule has 0 unspecified atom stereocenters. The van der Waals surface area contributed by atoms with Crippen LogP contribution < -0.4 is 10.1 Å². The van der Waals surface area contributed by atoms with Crippen molar-refractivity contribution < 1.29 is 27.4 Å². The number of alkyl halides is 3. The van der Waals surface area contributed by atoms with Gasteiger partial charge in [0.25, 0.3) is 0 Å². The van der Waals surface area contributed by atoms with Crippen molar-refractivity contribution in [2.45, 2.75) is 19.5 Å². The van der Waals surface area contributed by atoms with Gasteiger partial charge < -0.3 is 19.7 Å². The molecular weight excluding hydrogens is 327 g/mol. The first-order valence-electron chi connectivity index (χ1n) is 7.66. The molecule has 1 fully saturated rings. The monoisotopic (exact) mass is 347 g/mol. The molecule has 0 aromatic carbocycles. The van der Waals surface area contributed by atoms with Crippen molar-refractivity contribution in [3.63, 3.8) is 0 Å².